The molecule has 0 fully saturated rings. The molecule has 0 bridgehead atoms. The zero-order valence-electron chi connectivity index (χ0n) is 14.5. The Balaban J connectivity index is 1.50. The van der Waals surface area contributed by atoms with Crippen LogP contribution in [0.3, 0.4) is 0 Å². The van der Waals surface area contributed by atoms with Crippen molar-refractivity contribution in [1.82, 2.24) is 9.97 Å². The average molecular weight is 393 g/mol. The van der Waals surface area contributed by atoms with E-state index in [0.717, 1.165) is 16.6 Å². The fraction of sp³-hybridized carbons (Fsp3) is 0. The Morgan fingerprint density at radius 2 is 1.86 bits per heavy atom. The topological polar surface area (TPSA) is 66.9 Å². The molecular weight excluding hydrogens is 379 g/mol. The van der Waals surface area contributed by atoms with Gasteiger partial charge in [0.25, 0.3) is 5.91 Å². The monoisotopic (exact) mass is 392 g/mol. The van der Waals surface area contributed by atoms with Gasteiger partial charge in [-0.25, -0.2) is 9.37 Å². The van der Waals surface area contributed by atoms with Gasteiger partial charge >= 0.3 is 0 Å². The minimum absolute atomic E-state index is 0.0563. The third-order valence-electron chi connectivity index (χ3n) is 4.10. The molecule has 1 amide bonds. The van der Waals surface area contributed by atoms with Crippen molar-refractivity contribution in [2.24, 2.45) is 0 Å². The summed E-state index contributed by atoms with van der Waals surface area (Å²) >= 11 is 5.73. The number of amides is 1. The van der Waals surface area contributed by atoms with Crippen LogP contribution in [0, 0.1) is 5.82 Å². The molecule has 4 rings (SSSR count). The maximum atomic E-state index is 13.2. The first-order valence-electron chi connectivity index (χ1n) is 8.43. The van der Waals surface area contributed by atoms with Crippen LogP contribution in [0.1, 0.15) is 10.4 Å². The van der Waals surface area contributed by atoms with E-state index in [2.05, 4.69) is 20.6 Å². The number of pyridine rings is 2. The smallest absolute Gasteiger partial charge is 0.257 e. The zero-order chi connectivity index (χ0) is 19.5. The summed E-state index contributed by atoms with van der Waals surface area (Å²) in [4.78, 5) is 21.0. The van der Waals surface area contributed by atoms with Gasteiger partial charge in [-0.05, 0) is 42.5 Å². The van der Waals surface area contributed by atoms with E-state index in [-0.39, 0.29) is 10.9 Å². The standard InChI is InChI=1S/C21H14ClFN4O/c22-16-11-15(7-8-17(16)23)26-21(28)14-6-9-19(25-12-14)27-18-5-1-3-13-4-2-10-24-20(13)18/h1-12H,(H,25,27)(H,26,28). The SMILES string of the molecule is O=C(Nc1ccc(F)c(Cl)c1)c1ccc(Nc2cccc3cccnc23)nc1. The molecule has 2 aromatic carbocycles. The second kappa shape index (κ2) is 7.62. The van der Waals surface area contributed by atoms with Crippen LogP contribution in [0.15, 0.2) is 73.1 Å². The Kier molecular flexibility index (Phi) is 4.87. The maximum absolute atomic E-state index is 13.2. The number of fused-ring (bicyclic) bond motifs is 1. The number of nitrogens with zero attached hydrogens (tertiary/aromatic N) is 2. The van der Waals surface area contributed by atoms with Crippen molar-refractivity contribution in [3.8, 4) is 0 Å². The predicted molar refractivity (Wildman–Crippen MR) is 109 cm³/mol. The number of hydrogen-bond donors (Lipinski definition) is 2. The van der Waals surface area contributed by atoms with E-state index in [4.69, 9.17) is 11.6 Å². The first-order valence-corrected chi connectivity index (χ1v) is 8.81. The summed E-state index contributed by atoms with van der Waals surface area (Å²) in [5.74, 6) is -0.326. The van der Waals surface area contributed by atoms with Crippen LogP contribution in [-0.4, -0.2) is 15.9 Å². The molecule has 0 atom stereocenters. The molecule has 0 aliphatic carbocycles. The number of nitrogens with one attached hydrogen (secondary N) is 2. The molecular formula is C21H14ClFN4O. The highest BCUT2D eigenvalue weighted by Crippen LogP contribution is 2.24. The molecule has 0 saturated carbocycles. The van der Waals surface area contributed by atoms with E-state index in [1.54, 1.807) is 18.3 Å². The van der Waals surface area contributed by atoms with Gasteiger partial charge in [0.15, 0.2) is 0 Å². The molecule has 5 nitrogen and oxygen atoms in total. The summed E-state index contributed by atoms with van der Waals surface area (Å²) in [6.45, 7) is 0. The molecule has 0 unspecified atom stereocenters. The van der Waals surface area contributed by atoms with Gasteiger partial charge in [0.2, 0.25) is 0 Å². The van der Waals surface area contributed by atoms with Gasteiger partial charge in [0, 0.05) is 23.5 Å². The molecule has 2 N–H and O–H groups in total. The second-order valence-electron chi connectivity index (χ2n) is 6.02. The summed E-state index contributed by atoms with van der Waals surface area (Å²) in [5, 5.41) is 6.83. The fourth-order valence-corrected chi connectivity index (χ4v) is 2.90. The number of aromatic nitrogens is 2. The van der Waals surface area contributed by atoms with Gasteiger partial charge in [0.1, 0.15) is 11.6 Å². The van der Waals surface area contributed by atoms with Gasteiger partial charge in [-0.3, -0.25) is 9.78 Å². The Morgan fingerprint density at radius 1 is 1.00 bits per heavy atom. The van der Waals surface area contributed by atoms with E-state index in [1.807, 2.05) is 30.3 Å². The first-order chi connectivity index (χ1) is 13.6. The van der Waals surface area contributed by atoms with Gasteiger partial charge in [-0.2, -0.15) is 0 Å². The van der Waals surface area contributed by atoms with Crippen molar-refractivity contribution in [1.29, 1.82) is 0 Å². The number of para-hydroxylation sites is 1. The van der Waals surface area contributed by atoms with Gasteiger partial charge in [0.05, 0.1) is 21.8 Å². The summed E-state index contributed by atoms with van der Waals surface area (Å²) in [7, 11) is 0. The van der Waals surface area contributed by atoms with E-state index in [9.17, 15) is 9.18 Å². The van der Waals surface area contributed by atoms with Crippen molar-refractivity contribution in [2.75, 3.05) is 10.6 Å². The highest BCUT2D eigenvalue weighted by Gasteiger charge is 2.09. The van der Waals surface area contributed by atoms with E-state index >= 15 is 0 Å². The van der Waals surface area contributed by atoms with Crippen molar-refractivity contribution >= 4 is 45.6 Å². The molecule has 0 aliphatic heterocycles. The molecule has 2 heterocycles. The molecule has 7 heteroatoms. The third kappa shape index (κ3) is 3.77. The van der Waals surface area contributed by atoms with Gasteiger partial charge < -0.3 is 10.6 Å². The Hall–Kier alpha value is -3.51. The lowest BCUT2D eigenvalue weighted by molar-refractivity contribution is 0.102. The molecule has 4 aromatic rings. The minimum atomic E-state index is -0.542. The lowest BCUT2D eigenvalue weighted by Crippen LogP contribution is -2.12. The van der Waals surface area contributed by atoms with E-state index in [0.29, 0.717) is 17.1 Å². The highest BCUT2D eigenvalue weighted by atomic mass is 35.5. The third-order valence-corrected chi connectivity index (χ3v) is 4.39. The molecule has 0 saturated heterocycles. The van der Waals surface area contributed by atoms with E-state index < -0.39 is 5.82 Å². The highest BCUT2D eigenvalue weighted by molar-refractivity contribution is 6.31. The van der Waals surface area contributed by atoms with Crippen LogP contribution in [0.25, 0.3) is 10.9 Å². The maximum Gasteiger partial charge on any atom is 0.257 e. The zero-order valence-corrected chi connectivity index (χ0v) is 15.2. The Bertz CT molecular complexity index is 1160. The molecule has 28 heavy (non-hydrogen) atoms. The number of rotatable bonds is 4. The lowest BCUT2D eigenvalue weighted by Gasteiger charge is -2.09. The largest absolute Gasteiger partial charge is 0.338 e. The van der Waals surface area contributed by atoms with Gasteiger partial charge in [-0.1, -0.05) is 29.8 Å². The molecule has 0 radical (unpaired) electrons. The number of carbonyl (C=O) groups is 1. The fourth-order valence-electron chi connectivity index (χ4n) is 2.72. The van der Waals surface area contributed by atoms with Crippen LogP contribution in [0.2, 0.25) is 5.02 Å². The quantitative estimate of drug-likeness (QED) is 0.486. The number of carbonyl (C=O) groups excluding carboxylic acids is 1. The van der Waals surface area contributed by atoms with E-state index in [1.165, 1.54) is 24.4 Å². The lowest BCUT2D eigenvalue weighted by atomic mass is 10.2. The molecule has 0 spiro atoms. The first kappa shape index (κ1) is 17.9. The summed E-state index contributed by atoms with van der Waals surface area (Å²) in [6, 6.07) is 17.0. The number of benzene rings is 2. The minimum Gasteiger partial charge on any atom is -0.338 e. The number of anilines is 3. The number of halogens is 2. The van der Waals surface area contributed by atoms with Crippen molar-refractivity contribution in [2.45, 2.75) is 0 Å². The summed E-state index contributed by atoms with van der Waals surface area (Å²) in [6.07, 6.45) is 3.19. The average Bonchev–Trinajstić information content (AvgIpc) is 2.71. The van der Waals surface area contributed by atoms with Crippen LogP contribution in [0.4, 0.5) is 21.6 Å². The van der Waals surface area contributed by atoms with Crippen molar-refractivity contribution in [3.63, 3.8) is 0 Å². The Labute approximate surface area is 165 Å². The van der Waals surface area contributed by atoms with Crippen LogP contribution in [-0.2, 0) is 0 Å². The Morgan fingerprint density at radius 3 is 2.64 bits per heavy atom. The predicted octanol–water partition coefficient (Wildman–Crippen LogP) is 5.42. The number of hydrogen-bond acceptors (Lipinski definition) is 4. The van der Waals surface area contributed by atoms with Crippen molar-refractivity contribution in [3.05, 3.63) is 89.5 Å². The summed E-state index contributed by atoms with van der Waals surface area (Å²) < 4.78 is 13.2. The van der Waals surface area contributed by atoms with Crippen LogP contribution >= 0.6 is 11.6 Å². The summed E-state index contributed by atoms with van der Waals surface area (Å²) in [5.41, 5.74) is 2.42. The van der Waals surface area contributed by atoms with Crippen LogP contribution in [0.5, 0.6) is 0 Å². The van der Waals surface area contributed by atoms with Gasteiger partial charge in [-0.15, -0.1) is 0 Å². The normalized spacial score (nSPS) is 10.6. The van der Waals surface area contributed by atoms with Crippen molar-refractivity contribution < 1.29 is 9.18 Å². The molecule has 138 valence electrons. The second-order valence-corrected chi connectivity index (χ2v) is 6.43. The van der Waals surface area contributed by atoms with Crippen LogP contribution < -0.4 is 10.6 Å². The molecule has 0 aliphatic rings. The molecule has 2 aromatic heterocycles.